The van der Waals surface area contributed by atoms with Crippen LogP contribution in [-0.2, 0) is 30.4 Å². The van der Waals surface area contributed by atoms with Crippen LogP contribution in [0.1, 0.15) is 98.0 Å². The Bertz CT molecular complexity index is 790. The topological polar surface area (TPSA) is 61.8 Å². The molecule has 1 saturated heterocycles. The summed E-state index contributed by atoms with van der Waals surface area (Å²) in [4.78, 5) is 25.5. The number of ether oxygens (including phenoxy) is 3. The fourth-order valence-corrected chi connectivity index (χ4v) is 4.86. The van der Waals surface area contributed by atoms with E-state index < -0.39 is 12.2 Å². The Labute approximate surface area is 219 Å². The fourth-order valence-electron chi connectivity index (χ4n) is 4.86. The van der Waals surface area contributed by atoms with E-state index in [9.17, 15) is 9.59 Å². The van der Waals surface area contributed by atoms with Crippen molar-refractivity contribution in [2.45, 2.75) is 111 Å². The summed E-state index contributed by atoms with van der Waals surface area (Å²) < 4.78 is 17.5. The van der Waals surface area contributed by atoms with Crippen molar-refractivity contribution in [2.75, 3.05) is 6.61 Å². The van der Waals surface area contributed by atoms with Gasteiger partial charge in [-0.3, -0.25) is 4.79 Å². The highest BCUT2D eigenvalue weighted by molar-refractivity contribution is 5.90. The molecule has 0 saturated carbocycles. The molecule has 1 heterocycles. The number of cyclic esters (lactones) is 1. The average molecular weight is 501 g/mol. The quantitative estimate of drug-likeness (QED) is 0.126. The fraction of sp³-hybridized carbons (Fsp3) is 0.677. The number of hydrogen-bond acceptors (Lipinski definition) is 5. The molecule has 0 amide bonds. The molecule has 202 valence electrons. The number of carbonyl (C=O) groups excluding carboxylic acids is 2. The highest BCUT2D eigenvalue weighted by atomic mass is 16.6. The molecule has 0 aromatic heterocycles. The summed E-state index contributed by atoms with van der Waals surface area (Å²) in [6, 6.07) is 9.89. The zero-order valence-electron chi connectivity index (χ0n) is 23.2. The molecule has 5 heteroatoms. The monoisotopic (exact) mass is 500 g/mol. The summed E-state index contributed by atoms with van der Waals surface area (Å²) in [5.74, 6) is 0.452. The number of hydrogen-bond donors (Lipinski definition) is 0. The van der Waals surface area contributed by atoms with Crippen molar-refractivity contribution in [3.8, 4) is 0 Å². The van der Waals surface area contributed by atoms with Crippen molar-refractivity contribution >= 4 is 11.9 Å². The predicted molar refractivity (Wildman–Crippen MR) is 144 cm³/mol. The Morgan fingerprint density at radius 2 is 1.69 bits per heavy atom. The third-order valence-corrected chi connectivity index (χ3v) is 7.10. The van der Waals surface area contributed by atoms with Gasteiger partial charge in [-0.25, -0.2) is 4.79 Å². The van der Waals surface area contributed by atoms with Crippen LogP contribution in [0.15, 0.2) is 42.0 Å². The highest BCUT2D eigenvalue weighted by Crippen LogP contribution is 2.28. The van der Waals surface area contributed by atoms with Crippen LogP contribution in [0.2, 0.25) is 0 Å². The molecule has 2 rings (SSSR count). The first-order chi connectivity index (χ1) is 17.3. The Hall–Kier alpha value is -2.14. The van der Waals surface area contributed by atoms with Gasteiger partial charge in [-0.2, -0.15) is 0 Å². The Kier molecular flexibility index (Phi) is 13.9. The number of allylic oxidation sites excluding steroid dienone is 1. The van der Waals surface area contributed by atoms with Crippen LogP contribution in [0.25, 0.3) is 0 Å². The van der Waals surface area contributed by atoms with Gasteiger partial charge in [0.1, 0.15) is 6.10 Å². The van der Waals surface area contributed by atoms with E-state index in [0.29, 0.717) is 36.9 Å². The number of unbranched alkanes of at least 4 members (excludes halogenated alkanes) is 6. The van der Waals surface area contributed by atoms with Gasteiger partial charge < -0.3 is 14.2 Å². The molecule has 2 atom stereocenters. The van der Waals surface area contributed by atoms with E-state index >= 15 is 0 Å². The highest BCUT2D eigenvalue weighted by Gasteiger charge is 2.37. The zero-order valence-corrected chi connectivity index (χ0v) is 23.2. The molecule has 0 unspecified atom stereocenters. The van der Waals surface area contributed by atoms with E-state index in [-0.39, 0.29) is 24.5 Å². The maximum atomic E-state index is 12.9. The molecule has 1 aromatic carbocycles. The second kappa shape index (κ2) is 16.6. The summed E-state index contributed by atoms with van der Waals surface area (Å²) in [5, 5.41) is 0. The standard InChI is InChI=1S/C31H48O5/c1-6-7-8-9-10-11-15-18-26-19-28(36-31(26)33)29(22-34-21-25-16-13-12-14-17-25)35-30(32)20-27(23(2)3)24(4)5/h12-14,16-18,23-24,27-29H,6-11,15,19-22H2,1-5H3/b26-18-/t28-,29-/m0/s1. The number of benzene rings is 1. The predicted octanol–water partition coefficient (Wildman–Crippen LogP) is 7.43. The van der Waals surface area contributed by atoms with Gasteiger partial charge >= 0.3 is 11.9 Å². The van der Waals surface area contributed by atoms with Crippen molar-refractivity contribution in [3.63, 3.8) is 0 Å². The van der Waals surface area contributed by atoms with E-state index in [4.69, 9.17) is 14.2 Å². The summed E-state index contributed by atoms with van der Waals surface area (Å²) in [5.41, 5.74) is 1.74. The van der Waals surface area contributed by atoms with Crippen LogP contribution in [0.5, 0.6) is 0 Å². The van der Waals surface area contributed by atoms with Crippen LogP contribution in [0, 0.1) is 17.8 Å². The van der Waals surface area contributed by atoms with Gasteiger partial charge in [0.05, 0.1) is 13.2 Å². The molecule has 0 aliphatic carbocycles. The second-order valence-electron chi connectivity index (χ2n) is 10.8. The van der Waals surface area contributed by atoms with Crippen molar-refractivity contribution < 1.29 is 23.8 Å². The molecule has 0 radical (unpaired) electrons. The summed E-state index contributed by atoms with van der Waals surface area (Å²) in [7, 11) is 0. The molecule has 1 aromatic rings. The third kappa shape index (κ3) is 10.9. The molecule has 0 spiro atoms. The maximum absolute atomic E-state index is 12.9. The second-order valence-corrected chi connectivity index (χ2v) is 10.8. The van der Waals surface area contributed by atoms with Crippen LogP contribution in [0.4, 0.5) is 0 Å². The van der Waals surface area contributed by atoms with Crippen LogP contribution < -0.4 is 0 Å². The van der Waals surface area contributed by atoms with Gasteiger partial charge in [-0.15, -0.1) is 0 Å². The minimum atomic E-state index is -0.620. The van der Waals surface area contributed by atoms with Gasteiger partial charge in [0.2, 0.25) is 0 Å². The van der Waals surface area contributed by atoms with Crippen molar-refractivity contribution in [1.82, 2.24) is 0 Å². The van der Waals surface area contributed by atoms with Crippen molar-refractivity contribution in [1.29, 1.82) is 0 Å². The molecule has 0 N–H and O–H groups in total. The Balaban J connectivity index is 1.97. The van der Waals surface area contributed by atoms with E-state index in [1.165, 1.54) is 32.1 Å². The lowest BCUT2D eigenvalue weighted by molar-refractivity contribution is -0.167. The van der Waals surface area contributed by atoms with Crippen LogP contribution in [-0.4, -0.2) is 30.8 Å². The summed E-state index contributed by atoms with van der Waals surface area (Å²) in [6.45, 7) is 11.4. The molecule has 1 fully saturated rings. The minimum Gasteiger partial charge on any atom is -0.456 e. The maximum Gasteiger partial charge on any atom is 0.334 e. The van der Waals surface area contributed by atoms with E-state index in [0.717, 1.165) is 18.4 Å². The SMILES string of the molecule is CCCCCCCC/C=C1/C[C@@H]([C@H](COCc2ccccc2)OC(=O)CC(C(C)C)C(C)C)OC1=O. The zero-order chi connectivity index (χ0) is 26.3. The van der Waals surface area contributed by atoms with Gasteiger partial charge in [0.15, 0.2) is 6.10 Å². The summed E-state index contributed by atoms with van der Waals surface area (Å²) in [6.07, 6.45) is 9.89. The first kappa shape index (κ1) is 30.1. The van der Waals surface area contributed by atoms with Gasteiger partial charge in [-0.1, -0.05) is 103 Å². The molecule has 1 aliphatic heterocycles. The van der Waals surface area contributed by atoms with Crippen LogP contribution >= 0.6 is 0 Å². The van der Waals surface area contributed by atoms with Crippen molar-refractivity contribution in [2.24, 2.45) is 17.8 Å². The normalized spacial score (nSPS) is 17.8. The van der Waals surface area contributed by atoms with Crippen molar-refractivity contribution in [3.05, 3.63) is 47.5 Å². The molecule has 5 nitrogen and oxygen atoms in total. The van der Waals surface area contributed by atoms with Gasteiger partial charge in [-0.05, 0) is 36.2 Å². The lowest BCUT2D eigenvalue weighted by Crippen LogP contribution is -2.36. The molecule has 1 aliphatic rings. The van der Waals surface area contributed by atoms with Gasteiger partial charge in [0.25, 0.3) is 0 Å². The Morgan fingerprint density at radius 3 is 2.36 bits per heavy atom. The number of carbonyl (C=O) groups is 2. The lowest BCUT2D eigenvalue weighted by Gasteiger charge is -2.27. The first-order valence-corrected chi connectivity index (χ1v) is 14.0. The lowest BCUT2D eigenvalue weighted by atomic mass is 9.83. The minimum absolute atomic E-state index is 0.192. The molecular weight excluding hydrogens is 452 g/mol. The molecule has 36 heavy (non-hydrogen) atoms. The van der Waals surface area contributed by atoms with Gasteiger partial charge in [0, 0.05) is 18.4 Å². The van der Waals surface area contributed by atoms with E-state index in [1.54, 1.807) is 0 Å². The average Bonchev–Trinajstić information content (AvgIpc) is 3.21. The van der Waals surface area contributed by atoms with E-state index in [1.807, 2.05) is 36.4 Å². The smallest absolute Gasteiger partial charge is 0.334 e. The molecule has 0 bridgehead atoms. The number of esters is 2. The molecular formula is C31H48O5. The Morgan fingerprint density at radius 1 is 1.03 bits per heavy atom. The number of rotatable bonds is 17. The third-order valence-electron chi connectivity index (χ3n) is 7.10. The largest absolute Gasteiger partial charge is 0.456 e. The summed E-state index contributed by atoms with van der Waals surface area (Å²) >= 11 is 0. The van der Waals surface area contributed by atoms with Crippen LogP contribution in [0.3, 0.4) is 0 Å². The first-order valence-electron chi connectivity index (χ1n) is 14.0. The van der Waals surface area contributed by atoms with E-state index in [2.05, 4.69) is 34.6 Å².